The molecule has 0 spiro atoms. The van der Waals surface area contributed by atoms with Crippen LogP contribution in [0.25, 0.3) is 0 Å². The first-order valence-electron chi connectivity index (χ1n) is 6.09. The van der Waals surface area contributed by atoms with Crippen LogP contribution >= 0.6 is 0 Å². The molecule has 86 valence electrons. The van der Waals surface area contributed by atoms with E-state index >= 15 is 0 Å². The minimum Gasteiger partial charge on any atom is -0.333 e. The van der Waals surface area contributed by atoms with E-state index in [1.54, 1.807) is 0 Å². The van der Waals surface area contributed by atoms with Gasteiger partial charge in [0.2, 0.25) is 0 Å². The summed E-state index contributed by atoms with van der Waals surface area (Å²) in [6.07, 6.45) is 4.58. The fraction of sp³-hybridized carbons (Fsp3) is 0.909. The van der Waals surface area contributed by atoms with Crippen LogP contribution < -0.4 is 10.6 Å². The van der Waals surface area contributed by atoms with Crippen LogP contribution in [0.15, 0.2) is 0 Å². The number of hydrogen-bond acceptors (Lipinski definition) is 2. The summed E-state index contributed by atoms with van der Waals surface area (Å²) in [5.74, 6) is 0. The van der Waals surface area contributed by atoms with Gasteiger partial charge in [-0.15, -0.1) is 0 Å². The van der Waals surface area contributed by atoms with Crippen LogP contribution in [0.1, 0.15) is 32.6 Å². The number of piperidine rings is 1. The van der Waals surface area contributed by atoms with E-state index in [1.165, 1.54) is 6.42 Å². The molecular weight excluding hydrogens is 190 g/mol. The molecule has 4 nitrogen and oxygen atoms in total. The van der Waals surface area contributed by atoms with Crippen molar-refractivity contribution < 1.29 is 4.79 Å². The van der Waals surface area contributed by atoms with Gasteiger partial charge >= 0.3 is 6.03 Å². The summed E-state index contributed by atoms with van der Waals surface area (Å²) in [4.78, 5) is 13.8. The molecule has 2 aliphatic heterocycles. The van der Waals surface area contributed by atoms with Crippen molar-refractivity contribution in [2.24, 2.45) is 0 Å². The summed E-state index contributed by atoms with van der Waals surface area (Å²) in [7, 11) is 0. The largest absolute Gasteiger partial charge is 0.333 e. The molecule has 15 heavy (non-hydrogen) atoms. The number of hydrogen-bond donors (Lipinski definition) is 2. The molecule has 2 amide bonds. The molecule has 0 bridgehead atoms. The van der Waals surface area contributed by atoms with Gasteiger partial charge in [-0.25, -0.2) is 4.79 Å². The maximum atomic E-state index is 11.7. The number of nitrogens with zero attached hydrogens (tertiary/aromatic N) is 1. The van der Waals surface area contributed by atoms with Crippen LogP contribution in [0.4, 0.5) is 4.79 Å². The van der Waals surface area contributed by atoms with Crippen molar-refractivity contribution in [3.8, 4) is 0 Å². The quantitative estimate of drug-likeness (QED) is 0.729. The highest BCUT2D eigenvalue weighted by Gasteiger charge is 2.33. The van der Waals surface area contributed by atoms with Gasteiger partial charge in [-0.3, -0.25) is 0 Å². The number of carbonyl (C=O) groups excluding carboxylic acids is 1. The van der Waals surface area contributed by atoms with Crippen LogP contribution in [-0.4, -0.2) is 42.6 Å². The summed E-state index contributed by atoms with van der Waals surface area (Å²) < 4.78 is 0. The van der Waals surface area contributed by atoms with E-state index in [1.807, 2.05) is 4.90 Å². The Kier molecular flexibility index (Phi) is 3.46. The second-order valence-electron chi connectivity index (χ2n) is 4.59. The van der Waals surface area contributed by atoms with Gasteiger partial charge in [-0.05, 0) is 25.8 Å². The van der Waals surface area contributed by atoms with Gasteiger partial charge in [0.25, 0.3) is 0 Å². The smallest absolute Gasteiger partial charge is 0.318 e. The molecule has 4 heteroatoms. The van der Waals surface area contributed by atoms with Crippen molar-refractivity contribution in [2.45, 2.75) is 44.7 Å². The van der Waals surface area contributed by atoms with Crippen molar-refractivity contribution in [2.75, 3.05) is 19.6 Å². The molecule has 2 aliphatic rings. The number of rotatable bonds is 3. The molecule has 0 aliphatic carbocycles. The monoisotopic (exact) mass is 211 g/mol. The summed E-state index contributed by atoms with van der Waals surface area (Å²) in [6.45, 7) is 5.13. The Morgan fingerprint density at radius 1 is 1.53 bits per heavy atom. The predicted octanol–water partition coefficient (Wildman–Crippen LogP) is 0.932. The van der Waals surface area contributed by atoms with E-state index in [2.05, 4.69) is 17.6 Å². The zero-order valence-electron chi connectivity index (χ0n) is 9.46. The maximum Gasteiger partial charge on any atom is 0.318 e. The summed E-state index contributed by atoms with van der Waals surface area (Å²) in [5, 5.41) is 6.42. The number of carbonyl (C=O) groups is 1. The van der Waals surface area contributed by atoms with Crippen LogP contribution in [0.5, 0.6) is 0 Å². The first-order chi connectivity index (χ1) is 7.31. The Labute approximate surface area is 91.4 Å². The van der Waals surface area contributed by atoms with E-state index in [-0.39, 0.29) is 6.03 Å². The van der Waals surface area contributed by atoms with Crippen molar-refractivity contribution >= 4 is 6.03 Å². The van der Waals surface area contributed by atoms with Gasteiger partial charge in [0.1, 0.15) is 0 Å². The molecule has 2 atom stereocenters. The SMILES string of the molecule is CCCC1CN(C2CCCNC2)C(=O)N1. The average Bonchev–Trinajstić information content (AvgIpc) is 2.61. The summed E-state index contributed by atoms with van der Waals surface area (Å²) >= 11 is 0. The van der Waals surface area contributed by atoms with Gasteiger partial charge in [-0.1, -0.05) is 13.3 Å². The highest BCUT2D eigenvalue weighted by molar-refractivity contribution is 5.77. The predicted molar refractivity (Wildman–Crippen MR) is 59.8 cm³/mol. The molecule has 2 rings (SSSR count). The topological polar surface area (TPSA) is 44.4 Å². The van der Waals surface area contributed by atoms with E-state index < -0.39 is 0 Å². The van der Waals surface area contributed by atoms with Gasteiger partial charge in [-0.2, -0.15) is 0 Å². The number of urea groups is 1. The normalized spacial score (nSPS) is 31.8. The van der Waals surface area contributed by atoms with Crippen molar-refractivity contribution in [1.29, 1.82) is 0 Å². The third kappa shape index (κ3) is 2.43. The second kappa shape index (κ2) is 4.84. The molecule has 0 aromatic rings. The van der Waals surface area contributed by atoms with Crippen molar-refractivity contribution in [3.05, 3.63) is 0 Å². The van der Waals surface area contributed by atoms with E-state index in [0.29, 0.717) is 12.1 Å². The van der Waals surface area contributed by atoms with Gasteiger partial charge in [0.05, 0.1) is 0 Å². The average molecular weight is 211 g/mol. The highest BCUT2D eigenvalue weighted by atomic mass is 16.2. The molecule has 2 unspecified atom stereocenters. The lowest BCUT2D eigenvalue weighted by atomic mass is 10.1. The fourth-order valence-electron chi connectivity index (χ4n) is 2.55. The van der Waals surface area contributed by atoms with Gasteiger partial charge in [0, 0.05) is 25.2 Å². The molecule has 0 aromatic heterocycles. The molecular formula is C11H21N3O. The summed E-state index contributed by atoms with van der Waals surface area (Å²) in [6, 6.07) is 0.937. The molecule has 2 saturated heterocycles. The fourth-order valence-corrected chi connectivity index (χ4v) is 2.55. The first kappa shape index (κ1) is 10.7. The van der Waals surface area contributed by atoms with E-state index in [0.717, 1.165) is 38.9 Å². The highest BCUT2D eigenvalue weighted by Crippen LogP contribution is 2.16. The Morgan fingerprint density at radius 3 is 3.07 bits per heavy atom. The maximum absolute atomic E-state index is 11.7. The minimum absolute atomic E-state index is 0.141. The molecule has 2 heterocycles. The number of amides is 2. The molecule has 2 fully saturated rings. The van der Waals surface area contributed by atoms with Crippen LogP contribution in [0.2, 0.25) is 0 Å². The van der Waals surface area contributed by atoms with Crippen LogP contribution in [0, 0.1) is 0 Å². The molecule has 0 radical (unpaired) electrons. The molecule has 0 saturated carbocycles. The standard InChI is InChI=1S/C11H21N3O/c1-2-4-9-8-14(11(15)13-9)10-5-3-6-12-7-10/h9-10,12H,2-8H2,1H3,(H,13,15). The second-order valence-corrected chi connectivity index (χ2v) is 4.59. The van der Waals surface area contributed by atoms with E-state index in [9.17, 15) is 4.79 Å². The van der Waals surface area contributed by atoms with E-state index in [4.69, 9.17) is 0 Å². The van der Waals surface area contributed by atoms with Crippen molar-refractivity contribution in [1.82, 2.24) is 15.5 Å². The zero-order valence-corrected chi connectivity index (χ0v) is 9.46. The lowest BCUT2D eigenvalue weighted by Gasteiger charge is -2.30. The van der Waals surface area contributed by atoms with Crippen LogP contribution in [-0.2, 0) is 0 Å². The minimum atomic E-state index is 0.141. The first-order valence-corrected chi connectivity index (χ1v) is 6.09. The zero-order chi connectivity index (χ0) is 10.7. The number of nitrogens with one attached hydrogen (secondary N) is 2. The van der Waals surface area contributed by atoms with Gasteiger partial charge < -0.3 is 15.5 Å². The Morgan fingerprint density at radius 2 is 2.40 bits per heavy atom. The third-order valence-corrected chi connectivity index (χ3v) is 3.35. The molecule has 2 N–H and O–H groups in total. The van der Waals surface area contributed by atoms with Gasteiger partial charge in [0.15, 0.2) is 0 Å². The third-order valence-electron chi connectivity index (χ3n) is 3.35. The molecule has 0 aromatic carbocycles. The lowest BCUT2D eigenvalue weighted by Crippen LogP contribution is -2.47. The van der Waals surface area contributed by atoms with Crippen LogP contribution in [0.3, 0.4) is 0 Å². The summed E-state index contributed by atoms with van der Waals surface area (Å²) in [5.41, 5.74) is 0. The Balaban J connectivity index is 1.89. The Hall–Kier alpha value is -0.770. The van der Waals surface area contributed by atoms with Crippen molar-refractivity contribution in [3.63, 3.8) is 0 Å². The Bertz CT molecular complexity index is 226. The lowest BCUT2D eigenvalue weighted by molar-refractivity contribution is 0.183.